The maximum atomic E-state index is 13.2. The van der Waals surface area contributed by atoms with Crippen molar-refractivity contribution in [2.24, 2.45) is 0 Å². The number of aryl methyl sites for hydroxylation is 3. The van der Waals surface area contributed by atoms with Gasteiger partial charge in [0.05, 0.1) is 5.39 Å². The van der Waals surface area contributed by atoms with Crippen LogP contribution in [-0.4, -0.2) is 34.3 Å². The summed E-state index contributed by atoms with van der Waals surface area (Å²) in [5, 5.41) is 14.5. The number of halogens is 1. The van der Waals surface area contributed by atoms with Gasteiger partial charge < -0.3 is 15.2 Å². The number of anilines is 1. The van der Waals surface area contributed by atoms with Gasteiger partial charge in [-0.1, -0.05) is 6.07 Å². The first-order valence-electron chi connectivity index (χ1n) is 8.69. The highest BCUT2D eigenvalue weighted by Crippen LogP contribution is 2.39. The second kappa shape index (κ2) is 7.17. The fourth-order valence-corrected chi connectivity index (χ4v) is 4.56. The SMILES string of the molecule is Cc1nc(NC[C@H](O)COc2cccc(F)c2)c2c3c(sc2n1)CCC3. The highest BCUT2D eigenvalue weighted by molar-refractivity contribution is 7.19. The molecule has 0 aliphatic heterocycles. The molecule has 0 bridgehead atoms. The Morgan fingerprint density at radius 1 is 1.35 bits per heavy atom. The van der Waals surface area contributed by atoms with Crippen LogP contribution in [0.1, 0.15) is 22.7 Å². The van der Waals surface area contributed by atoms with Crippen molar-refractivity contribution in [2.45, 2.75) is 32.3 Å². The third-order valence-electron chi connectivity index (χ3n) is 4.42. The summed E-state index contributed by atoms with van der Waals surface area (Å²) >= 11 is 1.74. The minimum absolute atomic E-state index is 0.0748. The van der Waals surface area contributed by atoms with Crippen molar-refractivity contribution < 1.29 is 14.2 Å². The monoisotopic (exact) mass is 373 g/mol. The van der Waals surface area contributed by atoms with Crippen LogP contribution in [0.5, 0.6) is 5.75 Å². The van der Waals surface area contributed by atoms with Crippen LogP contribution in [0.15, 0.2) is 24.3 Å². The van der Waals surface area contributed by atoms with Gasteiger partial charge in [-0.2, -0.15) is 0 Å². The zero-order valence-electron chi connectivity index (χ0n) is 14.5. The summed E-state index contributed by atoms with van der Waals surface area (Å²) in [5.41, 5.74) is 1.35. The number of aliphatic hydroxyl groups is 1. The van der Waals surface area contributed by atoms with Gasteiger partial charge in [0.15, 0.2) is 0 Å². The predicted octanol–water partition coefficient (Wildman–Crippen LogP) is 3.48. The average molecular weight is 373 g/mol. The van der Waals surface area contributed by atoms with Crippen LogP contribution in [0, 0.1) is 12.7 Å². The quantitative estimate of drug-likeness (QED) is 0.692. The van der Waals surface area contributed by atoms with E-state index in [1.165, 1.54) is 29.0 Å². The molecular formula is C19H20FN3O2S. The number of hydrogen-bond acceptors (Lipinski definition) is 6. The first-order chi connectivity index (χ1) is 12.6. The van der Waals surface area contributed by atoms with Crippen molar-refractivity contribution in [1.82, 2.24) is 9.97 Å². The first-order valence-corrected chi connectivity index (χ1v) is 9.51. The lowest BCUT2D eigenvalue weighted by Crippen LogP contribution is -2.26. The molecule has 0 radical (unpaired) electrons. The second-order valence-electron chi connectivity index (χ2n) is 6.46. The number of aliphatic hydroxyl groups excluding tert-OH is 1. The zero-order chi connectivity index (χ0) is 18.1. The Labute approximate surface area is 154 Å². The van der Waals surface area contributed by atoms with E-state index in [-0.39, 0.29) is 12.4 Å². The molecule has 2 heterocycles. The van der Waals surface area contributed by atoms with E-state index in [0.717, 1.165) is 28.9 Å². The molecule has 0 fully saturated rings. The van der Waals surface area contributed by atoms with Crippen LogP contribution in [0.25, 0.3) is 10.2 Å². The van der Waals surface area contributed by atoms with Crippen molar-refractivity contribution in [3.8, 4) is 5.75 Å². The second-order valence-corrected chi connectivity index (χ2v) is 7.54. The van der Waals surface area contributed by atoms with Crippen LogP contribution in [0.3, 0.4) is 0 Å². The first kappa shape index (κ1) is 17.2. The Kier molecular flexibility index (Phi) is 4.74. The molecule has 0 unspecified atom stereocenters. The van der Waals surface area contributed by atoms with Crippen molar-refractivity contribution >= 4 is 27.4 Å². The fraction of sp³-hybridized carbons (Fsp3) is 0.368. The minimum atomic E-state index is -0.740. The highest BCUT2D eigenvalue weighted by atomic mass is 32.1. The summed E-state index contributed by atoms with van der Waals surface area (Å²) in [5.74, 6) is 1.53. The number of benzene rings is 1. The van der Waals surface area contributed by atoms with Gasteiger partial charge in [0.2, 0.25) is 0 Å². The molecule has 26 heavy (non-hydrogen) atoms. The van der Waals surface area contributed by atoms with Gasteiger partial charge >= 0.3 is 0 Å². The maximum Gasteiger partial charge on any atom is 0.138 e. The van der Waals surface area contributed by atoms with E-state index in [0.29, 0.717) is 18.1 Å². The lowest BCUT2D eigenvalue weighted by atomic mass is 10.2. The number of rotatable bonds is 6. The summed E-state index contributed by atoms with van der Waals surface area (Å²) in [4.78, 5) is 11.5. The number of thiophene rings is 1. The lowest BCUT2D eigenvalue weighted by molar-refractivity contribution is 0.117. The van der Waals surface area contributed by atoms with E-state index < -0.39 is 6.10 Å². The molecule has 136 valence electrons. The molecule has 0 amide bonds. The predicted molar refractivity (Wildman–Crippen MR) is 101 cm³/mol. The van der Waals surface area contributed by atoms with Gasteiger partial charge in [-0.25, -0.2) is 14.4 Å². The zero-order valence-corrected chi connectivity index (χ0v) is 15.3. The fourth-order valence-electron chi connectivity index (χ4n) is 3.25. The molecule has 1 aromatic carbocycles. The molecular weight excluding hydrogens is 353 g/mol. The number of fused-ring (bicyclic) bond motifs is 3. The van der Waals surface area contributed by atoms with E-state index in [4.69, 9.17) is 4.74 Å². The summed E-state index contributed by atoms with van der Waals surface area (Å²) in [6.45, 7) is 2.25. The van der Waals surface area contributed by atoms with E-state index in [1.807, 2.05) is 6.92 Å². The van der Waals surface area contributed by atoms with Gasteiger partial charge in [-0.15, -0.1) is 11.3 Å². The van der Waals surface area contributed by atoms with E-state index in [2.05, 4.69) is 15.3 Å². The Hall–Kier alpha value is -2.25. The molecule has 3 aromatic rings. The van der Waals surface area contributed by atoms with E-state index >= 15 is 0 Å². The molecule has 1 aliphatic carbocycles. The van der Waals surface area contributed by atoms with Crippen LogP contribution >= 0.6 is 11.3 Å². The third kappa shape index (κ3) is 3.50. The minimum Gasteiger partial charge on any atom is -0.491 e. The van der Waals surface area contributed by atoms with Gasteiger partial charge in [0.1, 0.15) is 40.8 Å². The summed E-state index contributed by atoms with van der Waals surface area (Å²) in [6.07, 6.45) is 2.60. The summed E-state index contributed by atoms with van der Waals surface area (Å²) < 4.78 is 18.6. The van der Waals surface area contributed by atoms with Crippen molar-refractivity contribution in [3.63, 3.8) is 0 Å². The van der Waals surface area contributed by atoms with Gasteiger partial charge in [0, 0.05) is 17.5 Å². The smallest absolute Gasteiger partial charge is 0.138 e. The van der Waals surface area contributed by atoms with E-state index in [9.17, 15) is 9.50 Å². The molecule has 4 rings (SSSR count). The molecule has 1 aliphatic rings. The topological polar surface area (TPSA) is 67.3 Å². The van der Waals surface area contributed by atoms with E-state index in [1.54, 1.807) is 23.5 Å². The van der Waals surface area contributed by atoms with Crippen LogP contribution < -0.4 is 10.1 Å². The standard InChI is InChI=1S/C19H20FN3O2S/c1-11-22-18(17-15-6-3-7-16(15)26-19(17)23-11)21-9-13(24)10-25-14-5-2-4-12(20)8-14/h2,4-5,8,13,24H,3,6-7,9-10H2,1H3,(H,21,22,23)/t13-/m0/s1. The van der Waals surface area contributed by atoms with Crippen LogP contribution in [0.2, 0.25) is 0 Å². The van der Waals surface area contributed by atoms with Crippen molar-refractivity contribution in [1.29, 1.82) is 0 Å². The normalized spacial score (nSPS) is 14.4. The van der Waals surface area contributed by atoms with Crippen LogP contribution in [0.4, 0.5) is 10.2 Å². The number of ether oxygens (including phenoxy) is 1. The molecule has 2 aromatic heterocycles. The Bertz CT molecular complexity index is 944. The van der Waals surface area contributed by atoms with Crippen molar-refractivity contribution in [3.05, 3.63) is 46.3 Å². The molecule has 7 heteroatoms. The number of nitrogens with zero attached hydrogens (tertiary/aromatic N) is 2. The lowest BCUT2D eigenvalue weighted by Gasteiger charge is -2.15. The van der Waals surface area contributed by atoms with Crippen LogP contribution in [-0.2, 0) is 12.8 Å². The Morgan fingerprint density at radius 3 is 3.08 bits per heavy atom. The number of aromatic nitrogens is 2. The molecule has 5 nitrogen and oxygen atoms in total. The maximum absolute atomic E-state index is 13.2. The van der Waals surface area contributed by atoms with Gasteiger partial charge in [-0.3, -0.25) is 0 Å². The average Bonchev–Trinajstić information content (AvgIpc) is 3.18. The molecule has 0 saturated heterocycles. The summed E-state index contributed by atoms with van der Waals surface area (Å²) in [6, 6.07) is 5.89. The Morgan fingerprint density at radius 2 is 2.23 bits per heavy atom. The largest absolute Gasteiger partial charge is 0.491 e. The van der Waals surface area contributed by atoms with Gasteiger partial charge in [0.25, 0.3) is 0 Å². The number of hydrogen-bond donors (Lipinski definition) is 2. The highest BCUT2D eigenvalue weighted by Gasteiger charge is 2.22. The molecule has 0 spiro atoms. The van der Waals surface area contributed by atoms with Gasteiger partial charge in [-0.05, 0) is 43.9 Å². The summed E-state index contributed by atoms with van der Waals surface area (Å²) in [7, 11) is 0. The third-order valence-corrected chi connectivity index (χ3v) is 5.61. The Balaban J connectivity index is 1.44. The molecule has 1 atom stereocenters. The molecule has 2 N–H and O–H groups in total. The molecule has 0 saturated carbocycles. The van der Waals surface area contributed by atoms with Crippen molar-refractivity contribution in [2.75, 3.05) is 18.5 Å². The number of nitrogens with one attached hydrogen (secondary N) is 1.